The van der Waals surface area contributed by atoms with Gasteiger partial charge < -0.3 is 15.4 Å². The van der Waals surface area contributed by atoms with Crippen LogP contribution in [0.4, 0.5) is 21.0 Å². The van der Waals surface area contributed by atoms with E-state index < -0.39 is 0 Å². The molecular weight excluding hydrogens is 258 g/mol. The number of nitrogens with zero attached hydrogens (tertiary/aromatic N) is 1. The third-order valence-electron chi connectivity index (χ3n) is 2.87. The first kappa shape index (κ1) is 14.2. The van der Waals surface area contributed by atoms with Crippen LogP contribution in [0.25, 0.3) is 0 Å². The lowest BCUT2D eigenvalue weighted by molar-refractivity contribution is 0.181. The van der Waals surface area contributed by atoms with Gasteiger partial charge in [0.05, 0.1) is 6.54 Å². The molecule has 1 aliphatic rings. The molecule has 0 unspecified atom stereocenters. The van der Waals surface area contributed by atoms with Crippen LogP contribution >= 0.6 is 0 Å². The minimum Gasteiger partial charge on any atom is -0.447 e. The van der Waals surface area contributed by atoms with Gasteiger partial charge in [-0.3, -0.25) is 4.90 Å². The van der Waals surface area contributed by atoms with Crippen molar-refractivity contribution in [3.8, 4) is 0 Å². The smallest absolute Gasteiger partial charge is 0.414 e. The summed E-state index contributed by atoms with van der Waals surface area (Å²) in [6, 6.07) is 6.85. The van der Waals surface area contributed by atoms with Gasteiger partial charge in [-0.2, -0.15) is 0 Å². The maximum Gasteiger partial charge on any atom is 0.414 e. The SMILES string of the molecule is CC(C)CNC(=O)Nc1ccc(N2CCOC2=O)cc1. The van der Waals surface area contributed by atoms with E-state index in [2.05, 4.69) is 10.6 Å². The van der Waals surface area contributed by atoms with Crippen molar-refractivity contribution < 1.29 is 14.3 Å². The van der Waals surface area contributed by atoms with Crippen LogP contribution in [-0.4, -0.2) is 31.8 Å². The summed E-state index contributed by atoms with van der Waals surface area (Å²) in [6.07, 6.45) is -0.333. The minimum absolute atomic E-state index is 0.230. The molecule has 0 radical (unpaired) electrons. The summed E-state index contributed by atoms with van der Waals surface area (Å²) in [5.74, 6) is 0.407. The number of ether oxygens (including phenoxy) is 1. The summed E-state index contributed by atoms with van der Waals surface area (Å²) in [4.78, 5) is 24.6. The molecule has 1 saturated heterocycles. The molecule has 108 valence electrons. The molecule has 1 aromatic carbocycles. The van der Waals surface area contributed by atoms with Crippen molar-refractivity contribution in [2.45, 2.75) is 13.8 Å². The lowest BCUT2D eigenvalue weighted by Gasteiger charge is -2.14. The Bertz CT molecular complexity index is 485. The number of rotatable bonds is 4. The first-order valence-electron chi connectivity index (χ1n) is 6.65. The average molecular weight is 277 g/mol. The molecule has 20 heavy (non-hydrogen) atoms. The zero-order chi connectivity index (χ0) is 14.5. The maximum atomic E-state index is 11.6. The van der Waals surface area contributed by atoms with E-state index in [1.165, 1.54) is 0 Å². The fourth-order valence-corrected chi connectivity index (χ4v) is 1.82. The van der Waals surface area contributed by atoms with E-state index in [-0.39, 0.29) is 12.1 Å². The molecule has 3 amide bonds. The molecule has 0 spiro atoms. The summed E-state index contributed by atoms with van der Waals surface area (Å²) >= 11 is 0. The highest BCUT2D eigenvalue weighted by atomic mass is 16.6. The number of carbonyl (C=O) groups is 2. The zero-order valence-electron chi connectivity index (χ0n) is 11.7. The van der Waals surface area contributed by atoms with Gasteiger partial charge in [-0.1, -0.05) is 13.8 Å². The highest BCUT2D eigenvalue weighted by Gasteiger charge is 2.23. The number of cyclic esters (lactones) is 1. The lowest BCUT2D eigenvalue weighted by atomic mass is 10.2. The third kappa shape index (κ3) is 3.63. The highest BCUT2D eigenvalue weighted by molar-refractivity contribution is 5.91. The number of benzene rings is 1. The monoisotopic (exact) mass is 277 g/mol. The number of hydrogen-bond acceptors (Lipinski definition) is 3. The van der Waals surface area contributed by atoms with Gasteiger partial charge in [0.1, 0.15) is 6.61 Å². The van der Waals surface area contributed by atoms with Crippen molar-refractivity contribution in [2.75, 3.05) is 29.9 Å². The Morgan fingerprint density at radius 2 is 2.05 bits per heavy atom. The minimum atomic E-state index is -0.333. The van der Waals surface area contributed by atoms with E-state index in [9.17, 15) is 9.59 Å². The van der Waals surface area contributed by atoms with Crippen molar-refractivity contribution in [3.05, 3.63) is 24.3 Å². The second kappa shape index (κ2) is 6.27. The standard InChI is InChI=1S/C14H19N3O3/c1-10(2)9-15-13(18)16-11-3-5-12(6-4-11)17-7-8-20-14(17)19/h3-6,10H,7-9H2,1-2H3,(H2,15,16,18). The Kier molecular flexibility index (Phi) is 4.45. The van der Waals surface area contributed by atoms with Crippen LogP contribution in [0.15, 0.2) is 24.3 Å². The number of anilines is 2. The summed E-state index contributed by atoms with van der Waals surface area (Å²) < 4.78 is 4.88. The van der Waals surface area contributed by atoms with Crippen molar-refractivity contribution >= 4 is 23.5 Å². The molecule has 6 nitrogen and oxygen atoms in total. The van der Waals surface area contributed by atoms with E-state index in [0.717, 1.165) is 5.69 Å². The van der Waals surface area contributed by atoms with Crippen LogP contribution in [0.5, 0.6) is 0 Å². The Labute approximate surface area is 118 Å². The van der Waals surface area contributed by atoms with E-state index in [0.29, 0.717) is 31.3 Å². The number of urea groups is 1. The van der Waals surface area contributed by atoms with Crippen LogP contribution in [0.1, 0.15) is 13.8 Å². The fraction of sp³-hybridized carbons (Fsp3) is 0.429. The molecule has 0 atom stereocenters. The predicted octanol–water partition coefficient (Wildman–Crippen LogP) is 2.42. The van der Waals surface area contributed by atoms with Crippen LogP contribution < -0.4 is 15.5 Å². The van der Waals surface area contributed by atoms with E-state index in [4.69, 9.17) is 4.74 Å². The van der Waals surface area contributed by atoms with E-state index >= 15 is 0 Å². The van der Waals surface area contributed by atoms with E-state index in [1.807, 2.05) is 13.8 Å². The molecule has 2 rings (SSSR count). The molecule has 1 heterocycles. The van der Waals surface area contributed by atoms with Crippen molar-refractivity contribution in [3.63, 3.8) is 0 Å². The van der Waals surface area contributed by atoms with Crippen molar-refractivity contribution in [1.29, 1.82) is 0 Å². The van der Waals surface area contributed by atoms with Gasteiger partial charge in [0.15, 0.2) is 0 Å². The van der Waals surface area contributed by atoms with Gasteiger partial charge in [-0.25, -0.2) is 9.59 Å². The molecule has 6 heteroatoms. The van der Waals surface area contributed by atoms with Gasteiger partial charge in [-0.15, -0.1) is 0 Å². The topological polar surface area (TPSA) is 70.7 Å². The highest BCUT2D eigenvalue weighted by Crippen LogP contribution is 2.20. The number of nitrogens with one attached hydrogen (secondary N) is 2. The quantitative estimate of drug-likeness (QED) is 0.888. The van der Waals surface area contributed by atoms with Gasteiger partial charge in [0.2, 0.25) is 0 Å². The Morgan fingerprint density at radius 1 is 1.35 bits per heavy atom. The Balaban J connectivity index is 1.91. The molecule has 0 aliphatic carbocycles. The molecule has 0 saturated carbocycles. The number of carbonyl (C=O) groups excluding carboxylic acids is 2. The number of amides is 3. The molecule has 2 N–H and O–H groups in total. The number of hydrogen-bond donors (Lipinski definition) is 2. The maximum absolute atomic E-state index is 11.6. The molecule has 1 aromatic rings. The normalized spacial score (nSPS) is 14.3. The summed E-state index contributed by atoms with van der Waals surface area (Å²) in [6.45, 7) is 5.66. The molecule has 0 bridgehead atoms. The van der Waals surface area contributed by atoms with Gasteiger partial charge in [-0.05, 0) is 30.2 Å². The van der Waals surface area contributed by atoms with Crippen LogP contribution in [0.3, 0.4) is 0 Å². The Morgan fingerprint density at radius 3 is 2.60 bits per heavy atom. The van der Waals surface area contributed by atoms with Gasteiger partial charge in [0.25, 0.3) is 0 Å². The molecule has 1 aliphatic heterocycles. The van der Waals surface area contributed by atoms with Crippen LogP contribution in [0, 0.1) is 5.92 Å². The molecule has 1 fully saturated rings. The van der Waals surface area contributed by atoms with Gasteiger partial charge >= 0.3 is 12.1 Å². The van der Waals surface area contributed by atoms with E-state index in [1.54, 1.807) is 29.2 Å². The second-order valence-electron chi connectivity index (χ2n) is 5.04. The van der Waals surface area contributed by atoms with Crippen LogP contribution in [-0.2, 0) is 4.74 Å². The first-order valence-corrected chi connectivity index (χ1v) is 6.65. The zero-order valence-corrected chi connectivity index (χ0v) is 11.7. The largest absolute Gasteiger partial charge is 0.447 e. The summed E-state index contributed by atoms with van der Waals surface area (Å²) in [5, 5.41) is 5.51. The van der Waals surface area contributed by atoms with Crippen molar-refractivity contribution in [2.24, 2.45) is 5.92 Å². The predicted molar refractivity (Wildman–Crippen MR) is 77.0 cm³/mol. The third-order valence-corrected chi connectivity index (χ3v) is 2.87. The van der Waals surface area contributed by atoms with Crippen LogP contribution in [0.2, 0.25) is 0 Å². The van der Waals surface area contributed by atoms with Gasteiger partial charge in [0, 0.05) is 17.9 Å². The summed E-state index contributed by atoms with van der Waals surface area (Å²) in [5.41, 5.74) is 1.45. The first-order chi connectivity index (χ1) is 9.56. The lowest BCUT2D eigenvalue weighted by Crippen LogP contribution is -2.31. The molecular formula is C14H19N3O3. The fourth-order valence-electron chi connectivity index (χ4n) is 1.82. The van der Waals surface area contributed by atoms with Crippen molar-refractivity contribution in [1.82, 2.24) is 5.32 Å². The second-order valence-corrected chi connectivity index (χ2v) is 5.04. The molecule has 0 aromatic heterocycles. The Hall–Kier alpha value is -2.24. The summed E-state index contributed by atoms with van der Waals surface area (Å²) in [7, 11) is 0. The average Bonchev–Trinajstić information content (AvgIpc) is 2.84.